The molecule has 1 N–H and O–H groups in total. The Morgan fingerprint density at radius 1 is 1.16 bits per heavy atom. The topological polar surface area (TPSA) is 58.1 Å². The molecule has 1 aromatic heterocycles. The molecule has 1 fully saturated rings. The number of likely N-dealkylation sites (tertiary alicyclic amines) is 1. The van der Waals surface area contributed by atoms with E-state index >= 15 is 0 Å². The van der Waals surface area contributed by atoms with E-state index in [2.05, 4.69) is 22.4 Å². The lowest BCUT2D eigenvalue weighted by molar-refractivity contribution is 0.0690. The van der Waals surface area contributed by atoms with Crippen molar-refractivity contribution in [2.75, 3.05) is 25.0 Å². The molecule has 0 atom stereocenters. The Hall–Kier alpha value is -2.50. The highest BCUT2D eigenvalue weighted by atomic mass is 19.1. The maximum Gasteiger partial charge on any atom is 0.274 e. The van der Waals surface area contributed by atoms with Crippen LogP contribution in [0.5, 0.6) is 0 Å². The lowest BCUT2D eigenvalue weighted by Gasteiger charge is -2.29. The van der Waals surface area contributed by atoms with Crippen LogP contribution in [0.3, 0.4) is 0 Å². The second-order valence-electron chi connectivity index (χ2n) is 6.58. The summed E-state index contributed by atoms with van der Waals surface area (Å²) >= 11 is 0. The lowest BCUT2D eigenvalue weighted by Crippen LogP contribution is -2.38. The Kier molecular flexibility index (Phi) is 5.58. The minimum absolute atomic E-state index is 0.0442. The number of anilines is 1. The van der Waals surface area contributed by atoms with Gasteiger partial charge < -0.3 is 10.2 Å². The molecule has 1 aliphatic rings. The maximum absolute atomic E-state index is 12.9. The third-order valence-electron chi connectivity index (χ3n) is 4.59. The molecule has 132 valence electrons. The number of nitrogens with one attached hydrogen (secondary N) is 1. The van der Waals surface area contributed by atoms with Gasteiger partial charge in [0.1, 0.15) is 11.6 Å². The molecule has 1 aliphatic heterocycles. The number of carbonyl (C=O) groups is 1. The first kappa shape index (κ1) is 17.3. The smallest absolute Gasteiger partial charge is 0.274 e. The van der Waals surface area contributed by atoms with Crippen molar-refractivity contribution in [3.05, 3.63) is 53.5 Å². The SMILES string of the molecule is CC1CCN(C(=O)c2ccc(NCCc3ccc(F)cc3)nn2)CC1. The molecule has 2 aromatic rings. The summed E-state index contributed by atoms with van der Waals surface area (Å²) in [5.41, 5.74) is 1.44. The predicted molar refractivity (Wildman–Crippen MR) is 94.9 cm³/mol. The van der Waals surface area contributed by atoms with Crippen LogP contribution in [0.25, 0.3) is 0 Å². The second-order valence-corrected chi connectivity index (χ2v) is 6.58. The van der Waals surface area contributed by atoms with Crippen molar-refractivity contribution in [1.29, 1.82) is 0 Å². The van der Waals surface area contributed by atoms with Crippen LogP contribution < -0.4 is 5.32 Å². The quantitative estimate of drug-likeness (QED) is 0.907. The second kappa shape index (κ2) is 8.05. The van der Waals surface area contributed by atoms with E-state index in [9.17, 15) is 9.18 Å². The molecule has 0 bridgehead atoms. The van der Waals surface area contributed by atoms with Crippen molar-refractivity contribution < 1.29 is 9.18 Å². The molecule has 0 radical (unpaired) electrons. The Morgan fingerprint density at radius 3 is 2.52 bits per heavy atom. The van der Waals surface area contributed by atoms with Crippen molar-refractivity contribution in [1.82, 2.24) is 15.1 Å². The number of carbonyl (C=O) groups excluding carboxylic acids is 1. The fraction of sp³-hybridized carbons (Fsp3) is 0.421. The molecule has 1 saturated heterocycles. The summed E-state index contributed by atoms with van der Waals surface area (Å²) in [4.78, 5) is 14.3. The number of hydrogen-bond acceptors (Lipinski definition) is 4. The van der Waals surface area contributed by atoms with E-state index < -0.39 is 0 Å². The fourth-order valence-corrected chi connectivity index (χ4v) is 2.90. The summed E-state index contributed by atoms with van der Waals surface area (Å²) in [6.07, 6.45) is 2.85. The van der Waals surface area contributed by atoms with E-state index in [4.69, 9.17) is 0 Å². The van der Waals surface area contributed by atoms with Crippen LogP contribution in [-0.2, 0) is 6.42 Å². The van der Waals surface area contributed by atoms with Gasteiger partial charge in [-0.25, -0.2) is 4.39 Å². The highest BCUT2D eigenvalue weighted by Crippen LogP contribution is 2.17. The molecule has 5 nitrogen and oxygen atoms in total. The van der Waals surface area contributed by atoms with Crippen LogP contribution >= 0.6 is 0 Å². The number of nitrogens with zero attached hydrogens (tertiary/aromatic N) is 3. The minimum Gasteiger partial charge on any atom is -0.368 e. The van der Waals surface area contributed by atoms with Crippen molar-refractivity contribution >= 4 is 11.7 Å². The first-order valence-electron chi connectivity index (χ1n) is 8.73. The summed E-state index contributed by atoms with van der Waals surface area (Å²) in [6, 6.07) is 9.94. The number of rotatable bonds is 5. The number of hydrogen-bond donors (Lipinski definition) is 1. The predicted octanol–water partition coefficient (Wildman–Crippen LogP) is 3.14. The average Bonchev–Trinajstić information content (AvgIpc) is 2.64. The van der Waals surface area contributed by atoms with E-state index in [0.717, 1.165) is 37.9 Å². The monoisotopic (exact) mass is 342 g/mol. The third kappa shape index (κ3) is 4.75. The van der Waals surface area contributed by atoms with Gasteiger partial charge in [0.15, 0.2) is 5.69 Å². The van der Waals surface area contributed by atoms with E-state index in [0.29, 0.717) is 24.0 Å². The van der Waals surface area contributed by atoms with Gasteiger partial charge in [-0.15, -0.1) is 10.2 Å². The molecule has 0 saturated carbocycles. The van der Waals surface area contributed by atoms with E-state index in [1.807, 2.05) is 4.90 Å². The summed E-state index contributed by atoms with van der Waals surface area (Å²) in [7, 11) is 0. The minimum atomic E-state index is -0.231. The molecular formula is C19H23FN4O. The molecule has 3 rings (SSSR count). The molecule has 2 heterocycles. The van der Waals surface area contributed by atoms with Crippen LogP contribution in [0.15, 0.2) is 36.4 Å². The number of halogens is 1. The van der Waals surface area contributed by atoms with Crippen LogP contribution in [0, 0.1) is 11.7 Å². The van der Waals surface area contributed by atoms with Crippen molar-refractivity contribution in [3.63, 3.8) is 0 Å². The van der Waals surface area contributed by atoms with E-state index in [1.54, 1.807) is 24.3 Å². The van der Waals surface area contributed by atoms with Gasteiger partial charge in [-0.1, -0.05) is 19.1 Å². The molecule has 1 amide bonds. The van der Waals surface area contributed by atoms with Gasteiger partial charge in [0.2, 0.25) is 0 Å². The van der Waals surface area contributed by atoms with Crippen LogP contribution in [0.4, 0.5) is 10.2 Å². The maximum atomic E-state index is 12.9. The summed E-state index contributed by atoms with van der Waals surface area (Å²) in [6.45, 7) is 4.46. The van der Waals surface area contributed by atoms with Gasteiger partial charge in [-0.3, -0.25) is 4.79 Å². The van der Waals surface area contributed by atoms with Gasteiger partial charge in [0, 0.05) is 19.6 Å². The van der Waals surface area contributed by atoms with Crippen molar-refractivity contribution in [3.8, 4) is 0 Å². The number of benzene rings is 1. The van der Waals surface area contributed by atoms with E-state index in [-0.39, 0.29) is 11.7 Å². The molecule has 0 spiro atoms. The number of piperidine rings is 1. The zero-order valence-corrected chi connectivity index (χ0v) is 14.4. The van der Waals surface area contributed by atoms with E-state index in [1.165, 1.54) is 12.1 Å². The van der Waals surface area contributed by atoms with Crippen LogP contribution in [0.1, 0.15) is 35.8 Å². The Morgan fingerprint density at radius 2 is 1.88 bits per heavy atom. The molecule has 0 unspecified atom stereocenters. The first-order valence-corrected chi connectivity index (χ1v) is 8.73. The van der Waals surface area contributed by atoms with Gasteiger partial charge in [0.05, 0.1) is 0 Å². The molecule has 6 heteroatoms. The zero-order valence-electron chi connectivity index (χ0n) is 14.4. The van der Waals surface area contributed by atoms with Gasteiger partial charge in [0.25, 0.3) is 5.91 Å². The normalized spacial score (nSPS) is 15.2. The molecular weight excluding hydrogens is 319 g/mol. The first-order chi connectivity index (χ1) is 12.1. The molecule has 1 aromatic carbocycles. The number of amides is 1. The summed E-state index contributed by atoms with van der Waals surface area (Å²) in [5, 5.41) is 11.3. The molecule has 25 heavy (non-hydrogen) atoms. The Balaban J connectivity index is 1.50. The summed E-state index contributed by atoms with van der Waals surface area (Å²) in [5.74, 6) is 1.04. The zero-order chi connectivity index (χ0) is 17.6. The van der Waals surface area contributed by atoms with Gasteiger partial charge in [-0.2, -0.15) is 0 Å². The fourth-order valence-electron chi connectivity index (χ4n) is 2.90. The van der Waals surface area contributed by atoms with Gasteiger partial charge in [-0.05, 0) is 55.0 Å². The standard InChI is InChI=1S/C19H23FN4O/c1-14-9-12-24(13-10-14)19(25)17-6-7-18(23-22-17)21-11-8-15-2-4-16(20)5-3-15/h2-7,14H,8-13H2,1H3,(H,21,23). The van der Waals surface area contributed by atoms with Crippen molar-refractivity contribution in [2.24, 2.45) is 5.92 Å². The largest absolute Gasteiger partial charge is 0.368 e. The Bertz CT molecular complexity index is 694. The Labute approximate surface area is 147 Å². The molecule has 0 aliphatic carbocycles. The third-order valence-corrected chi connectivity index (χ3v) is 4.59. The highest BCUT2D eigenvalue weighted by Gasteiger charge is 2.22. The van der Waals surface area contributed by atoms with Crippen molar-refractivity contribution in [2.45, 2.75) is 26.2 Å². The lowest BCUT2D eigenvalue weighted by atomic mass is 9.99. The average molecular weight is 342 g/mol. The van der Waals surface area contributed by atoms with Gasteiger partial charge >= 0.3 is 0 Å². The number of aromatic nitrogens is 2. The van der Waals surface area contributed by atoms with Crippen LogP contribution in [0.2, 0.25) is 0 Å². The highest BCUT2D eigenvalue weighted by molar-refractivity contribution is 5.92. The summed E-state index contributed by atoms with van der Waals surface area (Å²) < 4.78 is 12.9. The van der Waals surface area contributed by atoms with Crippen LogP contribution in [-0.4, -0.2) is 40.6 Å².